The highest BCUT2D eigenvalue weighted by molar-refractivity contribution is 7.18. The van der Waals surface area contributed by atoms with E-state index >= 15 is 0 Å². The van der Waals surface area contributed by atoms with E-state index in [0.29, 0.717) is 12.5 Å². The number of rotatable bonds is 5. The van der Waals surface area contributed by atoms with Crippen LogP contribution in [0.2, 0.25) is 0 Å². The molecule has 2 aromatic heterocycles. The van der Waals surface area contributed by atoms with Crippen LogP contribution in [0.15, 0.2) is 6.07 Å². The highest BCUT2D eigenvalue weighted by Crippen LogP contribution is 2.30. The van der Waals surface area contributed by atoms with E-state index in [-0.39, 0.29) is 12.0 Å². The molecule has 0 saturated carbocycles. The van der Waals surface area contributed by atoms with E-state index in [1.165, 1.54) is 4.88 Å². The van der Waals surface area contributed by atoms with E-state index in [2.05, 4.69) is 33.6 Å². The first-order valence-corrected chi connectivity index (χ1v) is 7.07. The van der Waals surface area contributed by atoms with Crippen molar-refractivity contribution >= 4 is 33.3 Å². The molecule has 0 atom stereocenters. The Hall–Kier alpha value is -1.40. The molecule has 0 amide bonds. The largest absolute Gasteiger partial charge is 0.396 e. The van der Waals surface area contributed by atoms with Gasteiger partial charge in [-0.25, -0.2) is 4.98 Å². The van der Waals surface area contributed by atoms with Gasteiger partial charge in [0.05, 0.1) is 5.39 Å². The SMILES string of the molecule is CNc1nc(NCC(C)(C)CO)c2cc(C)sc2n1. The summed E-state index contributed by atoms with van der Waals surface area (Å²) in [6, 6.07) is 2.09. The maximum atomic E-state index is 9.31. The normalized spacial score (nSPS) is 11.8. The van der Waals surface area contributed by atoms with Crippen LogP contribution in [-0.2, 0) is 0 Å². The minimum absolute atomic E-state index is 0.135. The van der Waals surface area contributed by atoms with Crippen LogP contribution in [0.25, 0.3) is 10.2 Å². The summed E-state index contributed by atoms with van der Waals surface area (Å²) in [5, 5.41) is 16.6. The summed E-state index contributed by atoms with van der Waals surface area (Å²) in [7, 11) is 1.81. The predicted octanol–water partition coefficient (Wildman–Crippen LogP) is 2.47. The summed E-state index contributed by atoms with van der Waals surface area (Å²) in [5.41, 5.74) is -0.178. The number of anilines is 2. The van der Waals surface area contributed by atoms with Crippen LogP contribution in [0.1, 0.15) is 18.7 Å². The van der Waals surface area contributed by atoms with Gasteiger partial charge >= 0.3 is 0 Å². The van der Waals surface area contributed by atoms with Crippen molar-refractivity contribution in [2.24, 2.45) is 5.41 Å². The fourth-order valence-electron chi connectivity index (χ4n) is 1.67. The molecule has 2 rings (SSSR count). The van der Waals surface area contributed by atoms with Crippen molar-refractivity contribution in [3.63, 3.8) is 0 Å². The average molecular weight is 280 g/mol. The third kappa shape index (κ3) is 3.13. The Balaban J connectivity index is 2.35. The van der Waals surface area contributed by atoms with Crippen molar-refractivity contribution in [3.05, 3.63) is 10.9 Å². The van der Waals surface area contributed by atoms with E-state index in [0.717, 1.165) is 16.0 Å². The predicted molar refractivity (Wildman–Crippen MR) is 81.1 cm³/mol. The molecule has 0 spiro atoms. The van der Waals surface area contributed by atoms with Gasteiger partial charge in [0.15, 0.2) is 0 Å². The highest BCUT2D eigenvalue weighted by Gasteiger charge is 2.18. The van der Waals surface area contributed by atoms with Gasteiger partial charge < -0.3 is 15.7 Å². The molecule has 5 nitrogen and oxygen atoms in total. The van der Waals surface area contributed by atoms with E-state index in [1.54, 1.807) is 11.3 Å². The molecular formula is C13H20N4OS. The molecule has 19 heavy (non-hydrogen) atoms. The zero-order chi connectivity index (χ0) is 14.0. The second-order valence-corrected chi connectivity index (χ2v) is 6.63. The Morgan fingerprint density at radius 3 is 2.74 bits per heavy atom. The van der Waals surface area contributed by atoms with Gasteiger partial charge in [0.1, 0.15) is 10.6 Å². The second kappa shape index (κ2) is 5.30. The summed E-state index contributed by atoms with van der Waals surface area (Å²) in [6.45, 7) is 6.88. The molecule has 0 saturated heterocycles. The molecule has 104 valence electrons. The molecular weight excluding hydrogens is 260 g/mol. The van der Waals surface area contributed by atoms with E-state index < -0.39 is 0 Å². The fourth-order valence-corrected chi connectivity index (χ4v) is 2.55. The lowest BCUT2D eigenvalue weighted by Gasteiger charge is -2.22. The Bertz CT molecular complexity index is 579. The third-order valence-electron chi connectivity index (χ3n) is 2.90. The Kier molecular flexibility index (Phi) is 3.91. The fraction of sp³-hybridized carbons (Fsp3) is 0.538. The highest BCUT2D eigenvalue weighted by atomic mass is 32.1. The molecule has 2 heterocycles. The van der Waals surface area contributed by atoms with Crippen molar-refractivity contribution < 1.29 is 5.11 Å². The number of hydrogen-bond donors (Lipinski definition) is 3. The molecule has 0 radical (unpaired) electrons. The number of aliphatic hydroxyl groups is 1. The summed E-state index contributed by atoms with van der Waals surface area (Å²) in [5.74, 6) is 1.43. The van der Waals surface area contributed by atoms with Gasteiger partial charge in [-0.1, -0.05) is 13.8 Å². The number of nitrogens with zero attached hydrogens (tertiary/aromatic N) is 2. The number of nitrogens with one attached hydrogen (secondary N) is 2. The molecule has 6 heteroatoms. The monoisotopic (exact) mass is 280 g/mol. The molecule has 3 N–H and O–H groups in total. The van der Waals surface area contributed by atoms with Crippen molar-refractivity contribution in [2.75, 3.05) is 30.8 Å². The first-order valence-electron chi connectivity index (χ1n) is 6.26. The molecule has 0 aliphatic carbocycles. The first-order chi connectivity index (χ1) is 8.95. The molecule has 0 fully saturated rings. The van der Waals surface area contributed by atoms with Gasteiger partial charge in [-0.05, 0) is 13.0 Å². The summed E-state index contributed by atoms with van der Waals surface area (Å²) in [4.78, 5) is 11.1. The smallest absolute Gasteiger partial charge is 0.225 e. The van der Waals surface area contributed by atoms with Crippen molar-refractivity contribution in [1.82, 2.24) is 9.97 Å². The lowest BCUT2D eigenvalue weighted by Crippen LogP contribution is -2.27. The number of thiophene rings is 1. The van der Waals surface area contributed by atoms with Crippen molar-refractivity contribution in [1.29, 1.82) is 0 Å². The zero-order valence-corrected chi connectivity index (χ0v) is 12.6. The van der Waals surface area contributed by atoms with E-state index in [9.17, 15) is 5.11 Å². The molecule has 2 aromatic rings. The number of fused-ring (bicyclic) bond motifs is 1. The van der Waals surface area contributed by atoms with Crippen LogP contribution < -0.4 is 10.6 Å². The van der Waals surface area contributed by atoms with Crippen LogP contribution in [0.3, 0.4) is 0 Å². The summed E-state index contributed by atoms with van der Waals surface area (Å²) >= 11 is 1.65. The Labute approximate surface area is 117 Å². The molecule has 0 aliphatic rings. The van der Waals surface area contributed by atoms with Gasteiger partial charge in [-0.3, -0.25) is 0 Å². The number of aliphatic hydroxyl groups excluding tert-OH is 1. The van der Waals surface area contributed by atoms with Crippen molar-refractivity contribution in [2.45, 2.75) is 20.8 Å². The minimum atomic E-state index is -0.178. The Morgan fingerprint density at radius 1 is 1.37 bits per heavy atom. The van der Waals surface area contributed by atoms with Crippen molar-refractivity contribution in [3.8, 4) is 0 Å². The van der Waals surface area contributed by atoms with Gasteiger partial charge in [0.2, 0.25) is 5.95 Å². The van der Waals surface area contributed by atoms with Gasteiger partial charge in [-0.2, -0.15) is 4.98 Å². The average Bonchev–Trinajstić information content (AvgIpc) is 2.76. The standard InChI is InChI=1S/C13H20N4OS/c1-8-5-9-10(15-6-13(2,3)7-18)16-12(14-4)17-11(9)19-8/h5,18H,6-7H2,1-4H3,(H2,14,15,16,17). The van der Waals surface area contributed by atoms with Crippen LogP contribution in [-0.4, -0.2) is 35.3 Å². The van der Waals surface area contributed by atoms with Crippen LogP contribution in [0, 0.1) is 12.3 Å². The maximum absolute atomic E-state index is 9.31. The zero-order valence-electron chi connectivity index (χ0n) is 11.7. The van der Waals surface area contributed by atoms with Gasteiger partial charge in [0.25, 0.3) is 0 Å². The lowest BCUT2D eigenvalue weighted by molar-refractivity contribution is 0.171. The first kappa shape index (κ1) is 14.0. The summed E-state index contributed by atoms with van der Waals surface area (Å²) in [6.07, 6.45) is 0. The van der Waals surface area contributed by atoms with Crippen LogP contribution in [0.5, 0.6) is 0 Å². The lowest BCUT2D eigenvalue weighted by atomic mass is 9.95. The Morgan fingerprint density at radius 2 is 2.11 bits per heavy atom. The minimum Gasteiger partial charge on any atom is -0.396 e. The quantitative estimate of drug-likeness (QED) is 0.785. The number of aryl methyl sites for hydroxylation is 1. The summed E-state index contributed by atoms with van der Waals surface area (Å²) < 4.78 is 0. The molecule has 0 aliphatic heterocycles. The van der Waals surface area contributed by atoms with Gasteiger partial charge in [0, 0.05) is 30.5 Å². The molecule has 0 bridgehead atoms. The number of aromatic nitrogens is 2. The molecule has 0 aromatic carbocycles. The van der Waals surface area contributed by atoms with E-state index in [1.807, 2.05) is 20.9 Å². The number of hydrogen-bond acceptors (Lipinski definition) is 6. The topological polar surface area (TPSA) is 70.1 Å². The van der Waals surface area contributed by atoms with Crippen LogP contribution in [0.4, 0.5) is 11.8 Å². The van der Waals surface area contributed by atoms with Gasteiger partial charge in [-0.15, -0.1) is 11.3 Å². The molecule has 0 unspecified atom stereocenters. The second-order valence-electron chi connectivity index (χ2n) is 5.40. The van der Waals surface area contributed by atoms with Crippen LogP contribution >= 0.6 is 11.3 Å². The third-order valence-corrected chi connectivity index (χ3v) is 3.85. The maximum Gasteiger partial charge on any atom is 0.225 e. The van der Waals surface area contributed by atoms with E-state index in [4.69, 9.17) is 0 Å².